The minimum atomic E-state index is 0.213. The maximum Gasteiger partial charge on any atom is 0.222 e. The average molecular weight is 304 g/mol. The number of hydrogen-bond acceptors (Lipinski definition) is 4. The summed E-state index contributed by atoms with van der Waals surface area (Å²) in [4.78, 5) is 16.7. The van der Waals surface area contributed by atoms with Crippen LogP contribution in [0.5, 0.6) is 0 Å². The number of furan rings is 1. The van der Waals surface area contributed by atoms with Crippen molar-refractivity contribution in [2.45, 2.75) is 31.9 Å². The van der Waals surface area contributed by atoms with Crippen molar-refractivity contribution in [3.05, 3.63) is 24.2 Å². The molecule has 1 aromatic heterocycles. The van der Waals surface area contributed by atoms with E-state index in [2.05, 4.69) is 4.90 Å². The second-order valence-electron chi connectivity index (χ2n) is 6.93. The Morgan fingerprint density at radius 3 is 2.95 bits per heavy atom. The van der Waals surface area contributed by atoms with Gasteiger partial charge in [-0.3, -0.25) is 9.69 Å². The molecule has 3 fully saturated rings. The van der Waals surface area contributed by atoms with Gasteiger partial charge in [-0.25, -0.2) is 0 Å². The molecule has 120 valence electrons. The van der Waals surface area contributed by atoms with Gasteiger partial charge in [0.05, 0.1) is 25.5 Å². The Kier molecular flexibility index (Phi) is 3.92. The van der Waals surface area contributed by atoms with Crippen LogP contribution < -0.4 is 0 Å². The summed E-state index contributed by atoms with van der Waals surface area (Å²) in [5.74, 6) is 2.42. The zero-order valence-corrected chi connectivity index (χ0v) is 12.9. The van der Waals surface area contributed by atoms with E-state index in [0.29, 0.717) is 17.7 Å². The van der Waals surface area contributed by atoms with Crippen LogP contribution >= 0.6 is 0 Å². The lowest BCUT2D eigenvalue weighted by Gasteiger charge is -2.22. The van der Waals surface area contributed by atoms with Crippen LogP contribution in [-0.4, -0.2) is 54.6 Å². The molecular weight excluding hydrogens is 280 g/mol. The number of ether oxygens (including phenoxy) is 1. The van der Waals surface area contributed by atoms with Gasteiger partial charge in [0.2, 0.25) is 5.91 Å². The summed E-state index contributed by atoms with van der Waals surface area (Å²) in [5.41, 5.74) is 0. The molecule has 3 aliphatic rings. The molecule has 1 saturated carbocycles. The molecule has 2 atom stereocenters. The van der Waals surface area contributed by atoms with E-state index in [4.69, 9.17) is 9.15 Å². The average Bonchev–Trinajstić information content (AvgIpc) is 3.06. The number of carbonyl (C=O) groups excluding carboxylic acids is 1. The highest BCUT2D eigenvalue weighted by Gasteiger charge is 2.39. The van der Waals surface area contributed by atoms with Crippen molar-refractivity contribution in [2.75, 3.05) is 32.8 Å². The predicted octanol–water partition coefficient (Wildman–Crippen LogP) is 1.74. The number of likely N-dealkylation sites (tertiary alicyclic amines) is 1. The van der Waals surface area contributed by atoms with Gasteiger partial charge in [-0.2, -0.15) is 0 Å². The highest BCUT2D eigenvalue weighted by molar-refractivity contribution is 5.77. The quantitative estimate of drug-likeness (QED) is 0.850. The molecule has 4 rings (SSSR count). The molecule has 0 radical (unpaired) electrons. The van der Waals surface area contributed by atoms with Crippen LogP contribution in [0, 0.1) is 11.8 Å². The van der Waals surface area contributed by atoms with E-state index in [-0.39, 0.29) is 6.10 Å². The SMILES string of the molecule is O=C(CC1CC1)N1C[C@@H]2CN(Cc3ccco3)CCO[C@@H]2C1. The van der Waals surface area contributed by atoms with E-state index < -0.39 is 0 Å². The van der Waals surface area contributed by atoms with Crippen LogP contribution in [0.25, 0.3) is 0 Å². The van der Waals surface area contributed by atoms with Gasteiger partial charge in [0, 0.05) is 38.5 Å². The maximum atomic E-state index is 12.3. The summed E-state index contributed by atoms with van der Waals surface area (Å²) in [7, 11) is 0. The van der Waals surface area contributed by atoms with Gasteiger partial charge in [-0.1, -0.05) is 0 Å². The van der Waals surface area contributed by atoms with Gasteiger partial charge in [0.15, 0.2) is 0 Å². The lowest BCUT2D eigenvalue weighted by atomic mass is 10.1. The third-order valence-electron chi connectivity index (χ3n) is 5.09. The van der Waals surface area contributed by atoms with Crippen LogP contribution in [0.15, 0.2) is 22.8 Å². The molecule has 22 heavy (non-hydrogen) atoms. The maximum absolute atomic E-state index is 12.3. The minimum absolute atomic E-state index is 0.213. The van der Waals surface area contributed by atoms with Crippen LogP contribution in [0.2, 0.25) is 0 Å². The van der Waals surface area contributed by atoms with Crippen molar-refractivity contribution in [2.24, 2.45) is 11.8 Å². The fourth-order valence-electron chi connectivity index (χ4n) is 3.63. The first kappa shape index (κ1) is 14.3. The molecular formula is C17H24N2O3. The Hall–Kier alpha value is -1.33. The first-order chi connectivity index (χ1) is 10.8. The van der Waals surface area contributed by atoms with Gasteiger partial charge in [0.1, 0.15) is 5.76 Å². The number of nitrogens with zero attached hydrogens (tertiary/aromatic N) is 2. The number of carbonyl (C=O) groups is 1. The van der Waals surface area contributed by atoms with Crippen molar-refractivity contribution < 1.29 is 13.9 Å². The molecule has 1 aromatic rings. The van der Waals surface area contributed by atoms with Crippen molar-refractivity contribution in [1.82, 2.24) is 9.80 Å². The Morgan fingerprint density at radius 1 is 1.27 bits per heavy atom. The first-order valence-corrected chi connectivity index (χ1v) is 8.42. The van der Waals surface area contributed by atoms with Crippen LogP contribution in [-0.2, 0) is 16.1 Å². The van der Waals surface area contributed by atoms with E-state index in [1.54, 1.807) is 6.26 Å². The molecule has 0 spiro atoms. The standard InChI is InChI=1S/C17H24N2O3/c20-17(8-13-3-4-13)19-10-14-9-18(5-7-22-16(14)12-19)11-15-2-1-6-21-15/h1-2,6,13-14,16H,3-5,7-12H2/t14-,16+/m0/s1. The lowest BCUT2D eigenvalue weighted by molar-refractivity contribution is -0.131. The summed E-state index contributed by atoms with van der Waals surface area (Å²) >= 11 is 0. The summed E-state index contributed by atoms with van der Waals surface area (Å²) in [6.45, 7) is 5.13. The molecule has 1 amide bonds. The largest absolute Gasteiger partial charge is 0.468 e. The van der Waals surface area contributed by atoms with Crippen LogP contribution in [0.4, 0.5) is 0 Å². The zero-order chi connectivity index (χ0) is 14.9. The van der Waals surface area contributed by atoms with E-state index in [0.717, 1.165) is 51.5 Å². The highest BCUT2D eigenvalue weighted by atomic mass is 16.5. The summed E-state index contributed by atoms with van der Waals surface area (Å²) in [5, 5.41) is 0. The van der Waals surface area contributed by atoms with Crippen molar-refractivity contribution >= 4 is 5.91 Å². The number of fused-ring (bicyclic) bond motifs is 1. The minimum Gasteiger partial charge on any atom is -0.468 e. The summed E-state index contributed by atoms with van der Waals surface area (Å²) in [6, 6.07) is 3.95. The molecule has 0 bridgehead atoms. The van der Waals surface area contributed by atoms with Gasteiger partial charge in [0.25, 0.3) is 0 Å². The van der Waals surface area contributed by atoms with E-state index in [1.807, 2.05) is 17.0 Å². The Bertz CT molecular complexity index is 512. The molecule has 0 N–H and O–H groups in total. The van der Waals surface area contributed by atoms with Crippen molar-refractivity contribution in [3.8, 4) is 0 Å². The predicted molar refractivity (Wildman–Crippen MR) is 81.1 cm³/mol. The second-order valence-corrected chi connectivity index (χ2v) is 6.93. The first-order valence-electron chi connectivity index (χ1n) is 8.42. The smallest absolute Gasteiger partial charge is 0.222 e. The van der Waals surface area contributed by atoms with Gasteiger partial charge in [-0.05, 0) is 30.9 Å². The van der Waals surface area contributed by atoms with E-state index >= 15 is 0 Å². The van der Waals surface area contributed by atoms with Crippen molar-refractivity contribution in [1.29, 1.82) is 0 Å². The van der Waals surface area contributed by atoms with E-state index in [1.165, 1.54) is 12.8 Å². The summed E-state index contributed by atoms with van der Waals surface area (Å²) in [6.07, 6.45) is 5.15. The van der Waals surface area contributed by atoms with Crippen LogP contribution in [0.3, 0.4) is 0 Å². The molecule has 3 heterocycles. The molecule has 5 nitrogen and oxygen atoms in total. The fourth-order valence-corrected chi connectivity index (χ4v) is 3.63. The normalized spacial score (nSPS) is 29.4. The van der Waals surface area contributed by atoms with Gasteiger partial charge in [-0.15, -0.1) is 0 Å². The molecule has 5 heteroatoms. The molecule has 0 unspecified atom stereocenters. The molecule has 2 aliphatic heterocycles. The Labute approximate surface area is 131 Å². The van der Waals surface area contributed by atoms with Gasteiger partial charge < -0.3 is 14.1 Å². The highest BCUT2D eigenvalue weighted by Crippen LogP contribution is 2.34. The number of amides is 1. The number of hydrogen-bond donors (Lipinski definition) is 0. The Morgan fingerprint density at radius 2 is 2.18 bits per heavy atom. The lowest BCUT2D eigenvalue weighted by Crippen LogP contribution is -2.33. The molecule has 0 aromatic carbocycles. The molecule has 1 aliphatic carbocycles. The molecule has 2 saturated heterocycles. The third-order valence-corrected chi connectivity index (χ3v) is 5.09. The fraction of sp³-hybridized carbons (Fsp3) is 0.706. The third kappa shape index (κ3) is 3.20. The summed E-state index contributed by atoms with van der Waals surface area (Å²) < 4.78 is 11.5. The topological polar surface area (TPSA) is 45.9 Å². The van der Waals surface area contributed by atoms with Crippen LogP contribution in [0.1, 0.15) is 25.0 Å². The number of rotatable bonds is 4. The Balaban J connectivity index is 1.35. The van der Waals surface area contributed by atoms with E-state index in [9.17, 15) is 4.79 Å². The monoisotopic (exact) mass is 304 g/mol. The second kappa shape index (κ2) is 6.05. The van der Waals surface area contributed by atoms with Crippen molar-refractivity contribution in [3.63, 3.8) is 0 Å². The zero-order valence-electron chi connectivity index (χ0n) is 12.9. The van der Waals surface area contributed by atoms with Gasteiger partial charge >= 0.3 is 0 Å².